The molecule has 0 bridgehead atoms. The molecule has 0 aliphatic carbocycles. The van der Waals surface area contributed by atoms with Gasteiger partial charge in [-0.15, -0.1) is 0 Å². The Bertz CT molecular complexity index is 351. The third-order valence-electron chi connectivity index (χ3n) is 2.63. The Morgan fingerprint density at radius 3 is 2.67 bits per heavy atom. The van der Waals surface area contributed by atoms with E-state index >= 15 is 0 Å². The van der Waals surface area contributed by atoms with E-state index in [1.807, 2.05) is 12.1 Å². The van der Waals surface area contributed by atoms with Crippen LogP contribution >= 0.6 is 0 Å². The number of hydrogen-bond acceptors (Lipinski definition) is 1. The lowest BCUT2D eigenvalue weighted by molar-refractivity contribution is 0.464. The van der Waals surface area contributed by atoms with Crippen LogP contribution in [0.2, 0.25) is 0 Å². The zero-order valence-corrected chi connectivity index (χ0v) is 8.30. The highest BCUT2D eigenvalue weighted by Crippen LogP contribution is 2.28. The van der Waals surface area contributed by atoms with Crippen molar-refractivity contribution in [1.29, 1.82) is 0 Å². The summed E-state index contributed by atoms with van der Waals surface area (Å²) in [6.45, 7) is -4.22. The Balaban J connectivity index is 2.22. The number of fused-ring (bicyclic) bond motifs is 1. The van der Waals surface area contributed by atoms with Gasteiger partial charge in [0.15, 0.2) is 0 Å². The zero-order chi connectivity index (χ0) is 10.9. The molecule has 0 saturated heterocycles. The highest BCUT2D eigenvalue weighted by Gasteiger charge is 2.28. The van der Waals surface area contributed by atoms with Crippen LogP contribution in [0.15, 0.2) is 24.3 Å². The van der Waals surface area contributed by atoms with Gasteiger partial charge in [0.1, 0.15) is 0 Å². The fourth-order valence-corrected chi connectivity index (χ4v) is 2.05. The van der Waals surface area contributed by atoms with Gasteiger partial charge in [-0.25, -0.2) is 0 Å². The highest BCUT2D eigenvalue weighted by atomic mass is 19.4. The van der Waals surface area contributed by atoms with Crippen LogP contribution in [0, 0.1) is 0 Å². The number of anilines is 1. The van der Waals surface area contributed by atoms with Crippen LogP contribution in [-0.4, -0.2) is 20.0 Å². The number of benzene rings is 1. The lowest BCUT2D eigenvalue weighted by Gasteiger charge is -2.34. The summed E-state index contributed by atoms with van der Waals surface area (Å²) in [6, 6.07) is 7.35. The van der Waals surface area contributed by atoms with Crippen molar-refractivity contribution in [3.8, 4) is 0 Å². The standard InChI is InChI=1S/C10H12BF3N/c12-11(13,14)8-15-7-3-5-9-4-1-2-6-10(9)15/h1-2,4,6H,3,5,7-8H2/q-1. The van der Waals surface area contributed by atoms with Crippen LogP contribution in [0.4, 0.5) is 18.6 Å². The number of para-hydroxylation sites is 1. The van der Waals surface area contributed by atoms with Crippen LogP contribution in [0.1, 0.15) is 12.0 Å². The average molecular weight is 214 g/mol. The molecule has 5 heteroatoms. The van der Waals surface area contributed by atoms with Gasteiger partial charge in [-0.1, -0.05) is 18.2 Å². The predicted octanol–water partition coefficient (Wildman–Crippen LogP) is 2.83. The van der Waals surface area contributed by atoms with Crippen molar-refractivity contribution in [2.45, 2.75) is 12.8 Å². The topological polar surface area (TPSA) is 3.24 Å². The number of hydrogen-bond donors (Lipinski definition) is 0. The monoisotopic (exact) mass is 214 g/mol. The van der Waals surface area contributed by atoms with E-state index in [1.54, 1.807) is 12.1 Å². The van der Waals surface area contributed by atoms with E-state index in [9.17, 15) is 12.9 Å². The molecule has 0 radical (unpaired) electrons. The normalized spacial score (nSPS) is 16.3. The maximum absolute atomic E-state index is 12.4. The molecule has 0 fully saturated rings. The van der Waals surface area contributed by atoms with E-state index in [0.717, 1.165) is 24.1 Å². The first-order chi connectivity index (χ1) is 7.06. The molecule has 0 aromatic heterocycles. The fraction of sp³-hybridized carbons (Fsp3) is 0.400. The summed E-state index contributed by atoms with van der Waals surface area (Å²) < 4.78 is 37.1. The third kappa shape index (κ3) is 2.46. The Hall–Kier alpha value is -1.13. The number of nitrogens with zero attached hydrogens (tertiary/aromatic N) is 1. The van der Waals surface area contributed by atoms with Crippen LogP contribution in [0.5, 0.6) is 0 Å². The van der Waals surface area contributed by atoms with E-state index in [-0.39, 0.29) is 0 Å². The van der Waals surface area contributed by atoms with E-state index in [0.29, 0.717) is 6.54 Å². The van der Waals surface area contributed by atoms with Crippen molar-refractivity contribution in [2.75, 3.05) is 17.9 Å². The quantitative estimate of drug-likeness (QED) is 0.684. The number of aryl methyl sites for hydroxylation is 1. The molecule has 0 unspecified atom stereocenters. The molecule has 0 saturated carbocycles. The fourth-order valence-electron chi connectivity index (χ4n) is 2.05. The van der Waals surface area contributed by atoms with Gasteiger partial charge in [0.2, 0.25) is 0 Å². The molecule has 1 aromatic carbocycles. The van der Waals surface area contributed by atoms with Gasteiger partial charge in [0, 0.05) is 12.2 Å². The molecule has 1 nitrogen and oxygen atoms in total. The summed E-state index contributed by atoms with van der Waals surface area (Å²) in [4.78, 5) is 1.44. The van der Waals surface area contributed by atoms with Gasteiger partial charge in [-0.05, 0) is 30.9 Å². The third-order valence-corrected chi connectivity index (χ3v) is 2.63. The molecule has 0 atom stereocenters. The Morgan fingerprint density at radius 2 is 1.93 bits per heavy atom. The molecule has 2 rings (SSSR count). The second-order valence-electron chi connectivity index (χ2n) is 3.89. The van der Waals surface area contributed by atoms with Crippen molar-refractivity contribution in [3.05, 3.63) is 29.8 Å². The lowest BCUT2D eigenvalue weighted by Crippen LogP contribution is -2.40. The molecule has 1 heterocycles. The van der Waals surface area contributed by atoms with Crippen LogP contribution in [0.25, 0.3) is 0 Å². The van der Waals surface area contributed by atoms with E-state index in [1.165, 1.54) is 4.90 Å². The van der Waals surface area contributed by atoms with Gasteiger partial charge < -0.3 is 17.8 Å². The molecule has 15 heavy (non-hydrogen) atoms. The van der Waals surface area contributed by atoms with Crippen molar-refractivity contribution in [2.24, 2.45) is 0 Å². The van der Waals surface area contributed by atoms with Crippen molar-refractivity contribution < 1.29 is 12.9 Å². The van der Waals surface area contributed by atoms with Gasteiger partial charge in [0.05, 0.1) is 0 Å². The van der Waals surface area contributed by atoms with Crippen LogP contribution < -0.4 is 4.90 Å². The van der Waals surface area contributed by atoms with Crippen LogP contribution in [0.3, 0.4) is 0 Å². The summed E-state index contributed by atoms with van der Waals surface area (Å²) >= 11 is 0. The number of rotatable bonds is 2. The molecule has 0 amide bonds. The second kappa shape index (κ2) is 3.79. The maximum Gasteiger partial charge on any atom is 0.497 e. The Kier molecular flexibility index (Phi) is 2.63. The Morgan fingerprint density at radius 1 is 1.20 bits per heavy atom. The first-order valence-electron chi connectivity index (χ1n) is 5.10. The van der Waals surface area contributed by atoms with Gasteiger partial charge in [-0.2, -0.15) is 0 Å². The highest BCUT2D eigenvalue weighted by molar-refractivity contribution is 6.59. The van der Waals surface area contributed by atoms with Crippen molar-refractivity contribution >= 4 is 12.7 Å². The lowest BCUT2D eigenvalue weighted by atomic mass is 9.89. The van der Waals surface area contributed by atoms with Gasteiger partial charge in [0.25, 0.3) is 0 Å². The predicted molar refractivity (Wildman–Crippen MR) is 56.1 cm³/mol. The van der Waals surface area contributed by atoms with Crippen molar-refractivity contribution in [3.63, 3.8) is 0 Å². The molecular weight excluding hydrogens is 202 g/mol. The molecular formula is C10H12BF3N-. The SMILES string of the molecule is F[B-](F)(F)CN1CCCc2ccccc21. The van der Waals surface area contributed by atoms with Gasteiger partial charge >= 0.3 is 6.98 Å². The molecule has 82 valence electrons. The molecule has 1 aliphatic heterocycles. The molecule has 1 aliphatic rings. The smallest absolute Gasteiger partial charge is 0.448 e. The maximum atomic E-state index is 12.4. The van der Waals surface area contributed by atoms with E-state index in [4.69, 9.17) is 0 Å². The molecule has 1 aromatic rings. The second-order valence-corrected chi connectivity index (χ2v) is 3.89. The largest absolute Gasteiger partial charge is 0.497 e. The van der Waals surface area contributed by atoms with Gasteiger partial charge in [-0.3, -0.25) is 0 Å². The minimum atomic E-state index is -4.74. The first-order valence-corrected chi connectivity index (χ1v) is 5.10. The first kappa shape index (κ1) is 10.4. The zero-order valence-electron chi connectivity index (χ0n) is 8.30. The van der Waals surface area contributed by atoms with E-state index in [2.05, 4.69) is 0 Å². The van der Waals surface area contributed by atoms with Crippen molar-refractivity contribution in [1.82, 2.24) is 0 Å². The van der Waals surface area contributed by atoms with Crippen LogP contribution in [-0.2, 0) is 6.42 Å². The summed E-state index contributed by atoms with van der Waals surface area (Å²) in [5.41, 5.74) is 1.78. The summed E-state index contributed by atoms with van der Waals surface area (Å²) in [5, 5.41) is 0. The molecule has 0 spiro atoms. The van der Waals surface area contributed by atoms with E-state index < -0.39 is 13.4 Å². The average Bonchev–Trinajstić information content (AvgIpc) is 2.16. The summed E-state index contributed by atoms with van der Waals surface area (Å²) in [7, 11) is 0. The Labute approximate surface area is 86.9 Å². The molecule has 0 N–H and O–H groups in total. The minimum Gasteiger partial charge on any atom is -0.448 e. The summed E-state index contributed by atoms with van der Waals surface area (Å²) in [5.74, 6) is 0. The minimum absolute atomic E-state index is 0.512. The number of halogens is 3. The summed E-state index contributed by atoms with van der Waals surface area (Å²) in [6.07, 6.45) is 0.914.